The SMILES string of the molecule is Cc1c(Cl)cccc1S(=O)(=O)NC(=O)c1cc(S(=O)(=O)N(C)C)ccc1F. The van der Waals surface area contributed by atoms with Crippen LogP contribution in [0.1, 0.15) is 15.9 Å². The van der Waals surface area contributed by atoms with Crippen LogP contribution in [-0.2, 0) is 20.0 Å². The van der Waals surface area contributed by atoms with Crippen molar-refractivity contribution in [2.45, 2.75) is 16.7 Å². The van der Waals surface area contributed by atoms with Gasteiger partial charge in [0.2, 0.25) is 10.0 Å². The number of carbonyl (C=O) groups excluding carboxylic acids is 1. The van der Waals surface area contributed by atoms with Gasteiger partial charge in [0, 0.05) is 19.1 Å². The molecule has 0 bridgehead atoms. The monoisotopic (exact) mass is 434 g/mol. The van der Waals surface area contributed by atoms with E-state index in [1.807, 2.05) is 0 Å². The Hall–Kier alpha value is -2.01. The van der Waals surface area contributed by atoms with Gasteiger partial charge in [-0.2, -0.15) is 0 Å². The van der Waals surface area contributed by atoms with Crippen LogP contribution in [0.5, 0.6) is 0 Å². The highest BCUT2D eigenvalue weighted by atomic mass is 35.5. The van der Waals surface area contributed by atoms with Gasteiger partial charge in [-0.05, 0) is 42.8 Å². The molecule has 0 aliphatic carbocycles. The first-order valence-electron chi connectivity index (χ1n) is 7.42. The lowest BCUT2D eigenvalue weighted by molar-refractivity contribution is 0.0977. The molecule has 2 aromatic carbocycles. The minimum atomic E-state index is -4.35. The fraction of sp³-hybridized carbons (Fsp3) is 0.188. The number of amides is 1. The predicted octanol–water partition coefficient (Wildman–Crippen LogP) is 2.16. The van der Waals surface area contributed by atoms with Gasteiger partial charge >= 0.3 is 0 Å². The van der Waals surface area contributed by atoms with Gasteiger partial charge in [0.05, 0.1) is 15.4 Å². The van der Waals surface area contributed by atoms with E-state index < -0.39 is 37.3 Å². The Kier molecular flexibility index (Phi) is 5.95. The van der Waals surface area contributed by atoms with E-state index in [1.54, 1.807) is 4.72 Å². The Morgan fingerprint density at radius 2 is 1.74 bits per heavy atom. The summed E-state index contributed by atoms with van der Waals surface area (Å²) in [6, 6.07) is 6.65. The van der Waals surface area contributed by atoms with Crippen LogP contribution in [0.15, 0.2) is 46.2 Å². The topological polar surface area (TPSA) is 101 Å². The van der Waals surface area contributed by atoms with Gasteiger partial charge in [-0.25, -0.2) is 30.3 Å². The Morgan fingerprint density at radius 3 is 2.33 bits per heavy atom. The molecule has 0 unspecified atom stereocenters. The number of rotatable bonds is 5. The van der Waals surface area contributed by atoms with Crippen LogP contribution in [0.25, 0.3) is 0 Å². The van der Waals surface area contributed by atoms with Crippen LogP contribution in [0.3, 0.4) is 0 Å². The third-order valence-corrected chi connectivity index (χ3v) is 7.39. The van der Waals surface area contributed by atoms with Crippen LogP contribution < -0.4 is 4.72 Å². The molecule has 27 heavy (non-hydrogen) atoms. The minimum absolute atomic E-state index is 0.176. The Labute approximate surface area is 161 Å². The van der Waals surface area contributed by atoms with Crippen LogP contribution >= 0.6 is 11.6 Å². The number of hydrogen-bond acceptors (Lipinski definition) is 5. The van der Waals surface area contributed by atoms with Gasteiger partial charge in [0.15, 0.2) is 0 Å². The summed E-state index contributed by atoms with van der Waals surface area (Å²) >= 11 is 5.89. The summed E-state index contributed by atoms with van der Waals surface area (Å²) in [5.74, 6) is -2.37. The minimum Gasteiger partial charge on any atom is -0.268 e. The molecule has 0 atom stereocenters. The third-order valence-electron chi connectivity index (χ3n) is 3.70. The summed E-state index contributed by atoms with van der Waals surface area (Å²) in [4.78, 5) is 11.7. The first kappa shape index (κ1) is 21.3. The first-order chi connectivity index (χ1) is 12.4. The van der Waals surface area contributed by atoms with Crippen LogP contribution in [0.2, 0.25) is 5.02 Å². The van der Waals surface area contributed by atoms with Gasteiger partial charge in [-0.15, -0.1) is 0 Å². The molecule has 0 radical (unpaired) electrons. The lowest BCUT2D eigenvalue weighted by Crippen LogP contribution is -2.32. The second kappa shape index (κ2) is 7.55. The number of nitrogens with zero attached hydrogens (tertiary/aromatic N) is 1. The van der Waals surface area contributed by atoms with Crippen molar-refractivity contribution >= 4 is 37.6 Å². The molecular weight excluding hydrogens is 419 g/mol. The molecule has 1 amide bonds. The van der Waals surface area contributed by atoms with Crippen molar-refractivity contribution in [1.29, 1.82) is 0 Å². The summed E-state index contributed by atoms with van der Waals surface area (Å²) in [6.07, 6.45) is 0. The lowest BCUT2D eigenvalue weighted by Gasteiger charge is -2.13. The van der Waals surface area contributed by atoms with Gasteiger partial charge in [-0.3, -0.25) is 4.79 Å². The molecule has 0 aromatic heterocycles. The Morgan fingerprint density at radius 1 is 1.11 bits per heavy atom. The molecular formula is C16H16ClFN2O5S2. The number of sulfonamides is 2. The number of benzene rings is 2. The standard InChI is InChI=1S/C16H16ClFN2O5S2/c1-10-13(17)5-4-6-15(10)26(22,23)19-16(21)12-9-11(7-8-14(12)18)27(24,25)20(2)3/h4-9H,1-3H3,(H,19,21). The normalized spacial score (nSPS) is 12.2. The summed E-state index contributed by atoms with van der Waals surface area (Å²) in [6.45, 7) is 1.45. The summed E-state index contributed by atoms with van der Waals surface area (Å²) < 4.78 is 65.9. The summed E-state index contributed by atoms with van der Waals surface area (Å²) in [5, 5.41) is 0.176. The van der Waals surface area contributed by atoms with E-state index in [0.717, 1.165) is 22.5 Å². The molecule has 146 valence electrons. The molecule has 0 aliphatic heterocycles. The van der Waals surface area contributed by atoms with Crippen LogP contribution in [-0.4, -0.2) is 41.1 Å². The second-order valence-electron chi connectivity index (χ2n) is 5.73. The molecule has 0 saturated heterocycles. The fourth-order valence-corrected chi connectivity index (χ4v) is 4.55. The zero-order chi connectivity index (χ0) is 20.6. The maximum absolute atomic E-state index is 14.0. The molecule has 7 nitrogen and oxygen atoms in total. The van der Waals surface area contributed by atoms with Crippen LogP contribution in [0.4, 0.5) is 4.39 Å². The maximum atomic E-state index is 14.0. The van der Waals surface area contributed by atoms with Crippen molar-refractivity contribution in [2.24, 2.45) is 0 Å². The Bertz CT molecular complexity index is 1120. The molecule has 11 heteroatoms. The second-order valence-corrected chi connectivity index (χ2v) is 9.94. The molecule has 1 N–H and O–H groups in total. The van der Waals surface area contributed by atoms with Crippen molar-refractivity contribution < 1.29 is 26.0 Å². The molecule has 0 spiro atoms. The van der Waals surface area contributed by atoms with Crippen molar-refractivity contribution in [1.82, 2.24) is 9.03 Å². The maximum Gasteiger partial charge on any atom is 0.268 e. The van der Waals surface area contributed by atoms with E-state index >= 15 is 0 Å². The number of halogens is 2. The van der Waals surface area contributed by atoms with E-state index in [0.29, 0.717) is 0 Å². The molecule has 2 aromatic rings. The number of nitrogens with one attached hydrogen (secondary N) is 1. The molecule has 0 fully saturated rings. The highest BCUT2D eigenvalue weighted by Crippen LogP contribution is 2.23. The summed E-state index contributed by atoms with van der Waals surface area (Å²) in [7, 11) is -5.75. The predicted molar refractivity (Wildman–Crippen MR) is 98.1 cm³/mol. The van der Waals surface area contributed by atoms with Gasteiger partial charge in [-0.1, -0.05) is 17.7 Å². The number of hydrogen-bond donors (Lipinski definition) is 1. The lowest BCUT2D eigenvalue weighted by atomic mass is 10.2. The van der Waals surface area contributed by atoms with Gasteiger partial charge in [0.1, 0.15) is 5.82 Å². The van der Waals surface area contributed by atoms with Crippen molar-refractivity contribution in [2.75, 3.05) is 14.1 Å². The van der Waals surface area contributed by atoms with Gasteiger partial charge in [0.25, 0.3) is 15.9 Å². The smallest absolute Gasteiger partial charge is 0.268 e. The quantitative estimate of drug-likeness (QED) is 0.777. The molecule has 2 rings (SSSR count). The average Bonchev–Trinajstić information content (AvgIpc) is 2.56. The van der Waals surface area contributed by atoms with Gasteiger partial charge < -0.3 is 0 Å². The zero-order valence-corrected chi connectivity index (χ0v) is 16.9. The van der Waals surface area contributed by atoms with E-state index in [1.165, 1.54) is 39.2 Å². The Balaban J connectivity index is 2.45. The first-order valence-corrected chi connectivity index (χ1v) is 10.7. The van der Waals surface area contributed by atoms with Crippen LogP contribution in [0, 0.1) is 12.7 Å². The van der Waals surface area contributed by atoms with E-state index in [4.69, 9.17) is 11.6 Å². The van der Waals surface area contributed by atoms with Crippen molar-refractivity contribution in [3.05, 3.63) is 58.4 Å². The zero-order valence-electron chi connectivity index (χ0n) is 14.5. The van der Waals surface area contributed by atoms with Crippen molar-refractivity contribution in [3.8, 4) is 0 Å². The third kappa shape index (κ3) is 4.29. The number of carbonyl (C=O) groups is 1. The van der Waals surface area contributed by atoms with E-state index in [-0.39, 0.29) is 20.4 Å². The van der Waals surface area contributed by atoms with Crippen molar-refractivity contribution in [3.63, 3.8) is 0 Å². The molecule has 0 aliphatic rings. The molecule has 0 saturated carbocycles. The van der Waals surface area contributed by atoms with E-state index in [9.17, 15) is 26.0 Å². The highest BCUT2D eigenvalue weighted by Gasteiger charge is 2.25. The average molecular weight is 435 g/mol. The largest absolute Gasteiger partial charge is 0.268 e. The van der Waals surface area contributed by atoms with E-state index in [2.05, 4.69) is 0 Å². The highest BCUT2D eigenvalue weighted by molar-refractivity contribution is 7.90. The molecule has 0 heterocycles. The summed E-state index contributed by atoms with van der Waals surface area (Å²) in [5.41, 5.74) is -0.509. The fourth-order valence-electron chi connectivity index (χ4n) is 2.16.